The molecule has 3 aromatic carbocycles. The van der Waals surface area contributed by atoms with E-state index in [-0.39, 0.29) is 24.1 Å². The largest absolute Gasteiger partial charge is 0.489 e. The van der Waals surface area contributed by atoms with Gasteiger partial charge in [-0.3, -0.25) is 0 Å². The number of carbonyl (C=O) groups is 2. The van der Waals surface area contributed by atoms with Gasteiger partial charge in [-0.05, 0) is 77.2 Å². The summed E-state index contributed by atoms with van der Waals surface area (Å²) in [5.41, 5.74) is 5.60. The lowest BCUT2D eigenvalue weighted by Crippen LogP contribution is -2.50. The van der Waals surface area contributed by atoms with Crippen LogP contribution in [-0.2, 0) is 22.7 Å². The number of benzene rings is 3. The van der Waals surface area contributed by atoms with Crippen LogP contribution in [0, 0.1) is 0 Å². The van der Waals surface area contributed by atoms with E-state index in [4.69, 9.17) is 9.47 Å². The summed E-state index contributed by atoms with van der Waals surface area (Å²) in [7, 11) is 1.40. The average Bonchev–Trinajstić information content (AvgIpc) is 3.57. The highest BCUT2D eigenvalue weighted by Crippen LogP contribution is 2.44. The number of esters is 1. The molecule has 0 saturated carbocycles. The van der Waals surface area contributed by atoms with E-state index >= 15 is 0 Å². The van der Waals surface area contributed by atoms with Crippen LogP contribution in [0.25, 0.3) is 16.5 Å². The molecular weight excluding hydrogens is 490 g/mol. The fourth-order valence-corrected chi connectivity index (χ4v) is 5.86. The number of amides is 2. The molecule has 7 nitrogen and oxygen atoms in total. The molecule has 2 bridgehead atoms. The second-order valence-corrected chi connectivity index (χ2v) is 10.1. The molecule has 0 aliphatic carbocycles. The minimum Gasteiger partial charge on any atom is -0.489 e. The van der Waals surface area contributed by atoms with Crippen molar-refractivity contribution in [3.63, 3.8) is 0 Å². The number of hydrogen-bond donors (Lipinski definition) is 2. The van der Waals surface area contributed by atoms with Crippen molar-refractivity contribution in [3.05, 3.63) is 107 Å². The van der Waals surface area contributed by atoms with Gasteiger partial charge in [0.1, 0.15) is 12.4 Å². The number of carbonyl (C=O) groups excluding carboxylic acids is 2. The van der Waals surface area contributed by atoms with Gasteiger partial charge in [0.25, 0.3) is 0 Å². The van der Waals surface area contributed by atoms with Gasteiger partial charge in [0.15, 0.2) is 0 Å². The topological polar surface area (TPSA) is 83.7 Å². The number of rotatable bonds is 7. The number of fused-ring (bicyclic) bond motifs is 3. The van der Waals surface area contributed by atoms with Gasteiger partial charge >= 0.3 is 12.0 Å². The number of H-pyrrole nitrogens is 1. The van der Waals surface area contributed by atoms with Crippen molar-refractivity contribution >= 4 is 28.5 Å². The number of methoxy groups -OCH3 is 1. The van der Waals surface area contributed by atoms with Gasteiger partial charge < -0.3 is 24.7 Å². The van der Waals surface area contributed by atoms with Crippen molar-refractivity contribution in [1.29, 1.82) is 0 Å². The summed E-state index contributed by atoms with van der Waals surface area (Å²) in [5.74, 6) is 0.349. The van der Waals surface area contributed by atoms with Crippen molar-refractivity contribution < 1.29 is 19.1 Å². The minimum absolute atomic E-state index is 0.0134. The van der Waals surface area contributed by atoms with Crippen LogP contribution in [-0.4, -0.2) is 41.1 Å². The highest BCUT2D eigenvalue weighted by Gasteiger charge is 2.46. The number of nitrogens with zero attached hydrogens (tertiary/aromatic N) is 1. The van der Waals surface area contributed by atoms with Crippen molar-refractivity contribution in [2.45, 2.75) is 44.5 Å². The molecule has 0 spiro atoms. The van der Waals surface area contributed by atoms with E-state index in [0.29, 0.717) is 25.1 Å². The summed E-state index contributed by atoms with van der Waals surface area (Å²) < 4.78 is 11.3. The average molecular weight is 522 g/mol. The Labute approximate surface area is 227 Å². The summed E-state index contributed by atoms with van der Waals surface area (Å²) in [6, 6.07) is 25.5. The molecule has 0 unspecified atom stereocenters. The van der Waals surface area contributed by atoms with Crippen molar-refractivity contribution in [3.8, 4) is 5.75 Å². The summed E-state index contributed by atoms with van der Waals surface area (Å²) >= 11 is 0. The Kier molecular flexibility index (Phi) is 6.80. The number of aromatic amines is 1. The van der Waals surface area contributed by atoms with Gasteiger partial charge in [-0.25, -0.2) is 9.59 Å². The maximum absolute atomic E-state index is 13.4. The molecule has 198 valence electrons. The van der Waals surface area contributed by atoms with Gasteiger partial charge in [-0.1, -0.05) is 48.5 Å². The lowest BCUT2D eigenvalue weighted by atomic mass is 9.88. The summed E-state index contributed by atoms with van der Waals surface area (Å²) in [6.07, 6.45) is 4.06. The van der Waals surface area contributed by atoms with Crippen LogP contribution in [0.15, 0.2) is 90.6 Å². The predicted octanol–water partition coefficient (Wildman–Crippen LogP) is 5.82. The monoisotopic (exact) mass is 521 g/mol. The maximum Gasteiger partial charge on any atom is 0.336 e. The maximum atomic E-state index is 13.4. The van der Waals surface area contributed by atoms with E-state index in [1.54, 1.807) is 0 Å². The van der Waals surface area contributed by atoms with E-state index in [1.807, 2.05) is 83.9 Å². The van der Waals surface area contributed by atoms with Crippen LogP contribution in [0.3, 0.4) is 0 Å². The van der Waals surface area contributed by atoms with Crippen LogP contribution in [0.2, 0.25) is 0 Å². The summed E-state index contributed by atoms with van der Waals surface area (Å²) in [4.78, 5) is 31.6. The van der Waals surface area contributed by atoms with E-state index in [1.165, 1.54) is 7.11 Å². The molecule has 3 heterocycles. The molecule has 7 heteroatoms. The Morgan fingerprint density at radius 1 is 0.974 bits per heavy atom. The Hall–Kier alpha value is -4.52. The van der Waals surface area contributed by atoms with Gasteiger partial charge in [0, 0.05) is 24.3 Å². The molecule has 2 amide bonds. The second-order valence-electron chi connectivity index (χ2n) is 10.1. The predicted molar refractivity (Wildman–Crippen MR) is 150 cm³/mol. The molecule has 2 N–H and O–H groups in total. The SMILES string of the molecule is COC(=O)C1=C(c2cccc(OCc3ccccc3)c2)C[C@@H]2CC[C@H]1N2C(=O)NCc1ccc2[nH]ccc2c1. The fourth-order valence-electron chi connectivity index (χ4n) is 5.86. The number of urea groups is 1. The van der Waals surface area contributed by atoms with E-state index < -0.39 is 0 Å². The molecule has 2 aliphatic rings. The van der Waals surface area contributed by atoms with Crippen molar-refractivity contribution in [1.82, 2.24) is 15.2 Å². The number of hydrogen-bond acceptors (Lipinski definition) is 4. The lowest BCUT2D eigenvalue weighted by Gasteiger charge is -2.37. The Balaban J connectivity index is 1.22. The van der Waals surface area contributed by atoms with Gasteiger partial charge in [-0.2, -0.15) is 0 Å². The molecule has 0 radical (unpaired) electrons. The highest BCUT2D eigenvalue weighted by atomic mass is 16.5. The normalized spacial score (nSPS) is 18.3. The summed E-state index contributed by atoms with van der Waals surface area (Å²) in [5, 5.41) is 4.19. The highest BCUT2D eigenvalue weighted by molar-refractivity contribution is 6.01. The third-order valence-electron chi connectivity index (χ3n) is 7.73. The van der Waals surface area contributed by atoms with Crippen LogP contribution in [0.4, 0.5) is 4.79 Å². The molecular formula is C32H31N3O4. The summed E-state index contributed by atoms with van der Waals surface area (Å²) in [6.45, 7) is 0.879. The molecule has 39 heavy (non-hydrogen) atoms. The van der Waals surface area contributed by atoms with Crippen LogP contribution in [0.1, 0.15) is 36.0 Å². The van der Waals surface area contributed by atoms with Crippen LogP contribution >= 0.6 is 0 Å². The van der Waals surface area contributed by atoms with Crippen LogP contribution < -0.4 is 10.1 Å². The van der Waals surface area contributed by atoms with E-state index in [0.717, 1.165) is 51.8 Å². The standard InChI is InChI=1S/C32H31N3O4/c1-38-31(36)30-27(23-8-5-9-26(17-23)39-20-21-6-3-2-4-7-21)18-25-11-13-29(30)35(25)32(37)34-19-22-10-12-28-24(16-22)14-15-33-28/h2-10,12,14-17,25,29,33H,11,13,18-20H2,1H3,(H,34,37)/t25-,29+/m0/s1. The third-order valence-corrected chi connectivity index (χ3v) is 7.73. The first kappa shape index (κ1) is 24.8. The third kappa shape index (κ3) is 5.00. The molecule has 4 aromatic rings. The second kappa shape index (κ2) is 10.7. The van der Waals surface area contributed by atoms with Gasteiger partial charge in [0.2, 0.25) is 0 Å². The molecule has 1 aromatic heterocycles. The first-order valence-electron chi connectivity index (χ1n) is 13.3. The van der Waals surface area contributed by atoms with E-state index in [9.17, 15) is 9.59 Å². The number of ether oxygens (including phenoxy) is 2. The van der Waals surface area contributed by atoms with Gasteiger partial charge in [-0.15, -0.1) is 0 Å². The van der Waals surface area contributed by atoms with Crippen molar-refractivity contribution in [2.75, 3.05) is 7.11 Å². The first-order chi connectivity index (χ1) is 19.1. The fraction of sp³-hybridized carbons (Fsp3) is 0.250. The number of nitrogens with one attached hydrogen (secondary N) is 2. The van der Waals surface area contributed by atoms with E-state index in [2.05, 4.69) is 16.4 Å². The molecule has 6 rings (SSSR count). The zero-order valence-electron chi connectivity index (χ0n) is 21.9. The first-order valence-corrected chi connectivity index (χ1v) is 13.3. The number of aromatic nitrogens is 1. The lowest BCUT2D eigenvalue weighted by molar-refractivity contribution is -0.136. The zero-order chi connectivity index (χ0) is 26.8. The van der Waals surface area contributed by atoms with Crippen molar-refractivity contribution in [2.24, 2.45) is 0 Å². The quantitative estimate of drug-likeness (QED) is 0.300. The molecule has 2 atom stereocenters. The Morgan fingerprint density at radius 3 is 2.69 bits per heavy atom. The van der Waals surface area contributed by atoms with Crippen LogP contribution in [0.5, 0.6) is 5.75 Å². The molecule has 2 aliphatic heterocycles. The smallest absolute Gasteiger partial charge is 0.336 e. The minimum atomic E-state index is -0.387. The molecule has 1 saturated heterocycles. The zero-order valence-corrected chi connectivity index (χ0v) is 21.9. The Morgan fingerprint density at radius 2 is 1.85 bits per heavy atom. The Bertz CT molecular complexity index is 1540. The molecule has 1 fully saturated rings. The van der Waals surface area contributed by atoms with Gasteiger partial charge in [0.05, 0.1) is 18.7 Å².